The summed E-state index contributed by atoms with van der Waals surface area (Å²) in [4.78, 5) is 73.7. The number of nitrogens with zero attached hydrogens (tertiary/aromatic N) is 4. The van der Waals surface area contributed by atoms with Gasteiger partial charge in [-0.05, 0) is 97.7 Å². The van der Waals surface area contributed by atoms with Gasteiger partial charge in [0.05, 0.1) is 24.1 Å². The number of fused-ring (bicyclic) bond motifs is 6. The zero-order chi connectivity index (χ0) is 44.3. The van der Waals surface area contributed by atoms with Crippen LogP contribution in [0.15, 0.2) is 54.7 Å². The molecule has 61 heavy (non-hydrogen) atoms. The highest BCUT2D eigenvalue weighted by atomic mass is 16.5. The maximum atomic E-state index is 14.6. The first-order valence-electron chi connectivity index (χ1n) is 21.3. The van der Waals surface area contributed by atoms with Gasteiger partial charge in [-0.2, -0.15) is 0 Å². The van der Waals surface area contributed by atoms with Gasteiger partial charge < -0.3 is 29.6 Å². The summed E-state index contributed by atoms with van der Waals surface area (Å²) in [5, 5.41) is 8.34. The molecule has 326 valence electrons. The Kier molecular flexibility index (Phi) is 13.7. The number of hydrogen-bond donors (Lipinski definition) is 3. The first-order chi connectivity index (χ1) is 28.9. The molecule has 0 saturated carbocycles. The van der Waals surface area contributed by atoms with Crippen molar-refractivity contribution in [1.29, 1.82) is 0 Å². The molecule has 2 aliphatic heterocycles. The van der Waals surface area contributed by atoms with E-state index in [9.17, 15) is 24.0 Å². The first kappa shape index (κ1) is 44.9. The molecular weight excluding hydrogens is 775 g/mol. The van der Waals surface area contributed by atoms with Gasteiger partial charge in [-0.3, -0.25) is 34.0 Å². The monoisotopic (exact) mass is 835 g/mol. The molecule has 2 aromatic carbocycles. The van der Waals surface area contributed by atoms with Gasteiger partial charge in [0.25, 0.3) is 5.91 Å². The number of likely N-dealkylation sites (N-methyl/N-ethyl adjacent to an activating group) is 1. The largest absolute Gasteiger partial charge is 0.464 e. The minimum atomic E-state index is -1.10. The third-order valence-corrected chi connectivity index (χ3v) is 11.8. The molecule has 6 rings (SSSR count). The lowest BCUT2D eigenvalue weighted by atomic mass is 9.84. The Morgan fingerprint density at radius 3 is 2.49 bits per heavy atom. The van der Waals surface area contributed by atoms with Crippen LogP contribution in [0.25, 0.3) is 33.3 Å². The van der Waals surface area contributed by atoms with Gasteiger partial charge in [0.1, 0.15) is 18.1 Å². The standard InChI is InChI=1S/C47H61N7O7/c1-11-53-40-17-16-32-24-36(40)37(43(53)35-14-12-18-48-41(35)28(4)60-10)25-47(7,8)26-61-46(59)38-15-13-19-54(51-38)45(58)39(50-44(57)42(27(2)3)52(9)30(6)56)22-31-20-33(32)23-34(21-31)49-29(5)55/h12,14,16-18,20-21,23-24,27-28,38-39,42,51H,11,13,15,19,22,25-26H2,1-10H3,(H,49,55)(H,50,57)/t28-,38-,39-,42-/m0/s1. The smallest absolute Gasteiger partial charge is 0.324 e. The second-order valence-corrected chi connectivity index (χ2v) is 17.6. The van der Waals surface area contributed by atoms with Crippen LogP contribution in [-0.2, 0) is 52.8 Å². The van der Waals surface area contributed by atoms with Crippen molar-refractivity contribution in [3.8, 4) is 22.4 Å². The summed E-state index contributed by atoms with van der Waals surface area (Å²) in [5.41, 5.74) is 10.3. The Balaban J connectivity index is 1.57. The van der Waals surface area contributed by atoms with Crippen LogP contribution < -0.4 is 16.1 Å². The number of benzene rings is 2. The molecule has 2 aliphatic rings. The van der Waals surface area contributed by atoms with Crippen molar-refractivity contribution in [2.24, 2.45) is 11.3 Å². The van der Waals surface area contributed by atoms with Crippen LogP contribution in [0, 0.1) is 11.3 Å². The van der Waals surface area contributed by atoms with E-state index in [2.05, 4.69) is 65.7 Å². The predicted octanol–water partition coefficient (Wildman–Crippen LogP) is 6.21. The minimum absolute atomic E-state index is 0.0480. The lowest BCUT2D eigenvalue weighted by Crippen LogP contribution is -2.62. The fourth-order valence-electron chi connectivity index (χ4n) is 8.74. The molecule has 1 fully saturated rings. The number of amides is 4. The van der Waals surface area contributed by atoms with E-state index in [-0.39, 0.29) is 36.9 Å². The Hall–Kier alpha value is -5.60. The number of carbonyl (C=O) groups is 5. The second kappa shape index (κ2) is 18.6. The van der Waals surface area contributed by atoms with Crippen molar-refractivity contribution in [2.45, 2.75) is 112 Å². The van der Waals surface area contributed by atoms with Gasteiger partial charge in [0, 0.05) is 81.3 Å². The van der Waals surface area contributed by atoms with E-state index >= 15 is 0 Å². The fourth-order valence-corrected chi connectivity index (χ4v) is 8.74. The van der Waals surface area contributed by atoms with Gasteiger partial charge in [-0.1, -0.05) is 39.8 Å². The number of aromatic nitrogens is 2. The Morgan fingerprint density at radius 2 is 1.82 bits per heavy atom. The summed E-state index contributed by atoms with van der Waals surface area (Å²) in [5.74, 6) is -2.19. The number of anilines is 1. The summed E-state index contributed by atoms with van der Waals surface area (Å²) in [6.07, 6.45) is 3.09. The van der Waals surface area contributed by atoms with Gasteiger partial charge >= 0.3 is 5.97 Å². The number of hydrogen-bond acceptors (Lipinski definition) is 9. The molecule has 6 bridgehead atoms. The number of nitrogens with one attached hydrogen (secondary N) is 3. The molecule has 4 heterocycles. The number of ether oxygens (including phenoxy) is 2. The van der Waals surface area contributed by atoms with E-state index < -0.39 is 41.3 Å². The van der Waals surface area contributed by atoms with Crippen LogP contribution in [0.2, 0.25) is 0 Å². The predicted molar refractivity (Wildman–Crippen MR) is 235 cm³/mol. The lowest BCUT2D eigenvalue weighted by Gasteiger charge is -2.36. The average Bonchev–Trinajstić information content (AvgIpc) is 3.52. The quantitative estimate of drug-likeness (QED) is 0.167. The van der Waals surface area contributed by atoms with Crippen LogP contribution >= 0.6 is 0 Å². The number of hydrazine groups is 1. The first-order valence-corrected chi connectivity index (χ1v) is 21.3. The van der Waals surface area contributed by atoms with Crippen molar-refractivity contribution < 1.29 is 33.4 Å². The van der Waals surface area contributed by atoms with E-state index in [4.69, 9.17) is 14.5 Å². The molecule has 4 amide bonds. The topological polar surface area (TPSA) is 164 Å². The van der Waals surface area contributed by atoms with E-state index in [1.165, 1.54) is 23.8 Å². The van der Waals surface area contributed by atoms with Crippen LogP contribution in [0.5, 0.6) is 0 Å². The summed E-state index contributed by atoms with van der Waals surface area (Å²) in [6.45, 7) is 15.9. The highest BCUT2D eigenvalue weighted by molar-refractivity contribution is 5.97. The molecule has 3 N–H and O–H groups in total. The highest BCUT2D eigenvalue weighted by Crippen LogP contribution is 2.42. The van der Waals surface area contributed by atoms with Crippen molar-refractivity contribution >= 4 is 46.2 Å². The molecule has 0 spiro atoms. The normalized spacial score (nSPS) is 19.2. The summed E-state index contributed by atoms with van der Waals surface area (Å²) < 4.78 is 14.2. The maximum absolute atomic E-state index is 14.6. The zero-order valence-corrected chi connectivity index (χ0v) is 37.2. The van der Waals surface area contributed by atoms with Crippen LogP contribution in [-0.4, -0.2) is 94.5 Å². The van der Waals surface area contributed by atoms with Crippen molar-refractivity contribution in [2.75, 3.05) is 32.6 Å². The van der Waals surface area contributed by atoms with Crippen molar-refractivity contribution in [3.63, 3.8) is 0 Å². The molecule has 2 aromatic heterocycles. The summed E-state index contributed by atoms with van der Waals surface area (Å²) in [7, 11) is 3.24. The van der Waals surface area contributed by atoms with E-state index in [1.54, 1.807) is 26.4 Å². The number of rotatable bonds is 9. The minimum Gasteiger partial charge on any atom is -0.464 e. The fraction of sp³-hybridized carbons (Fsp3) is 0.489. The summed E-state index contributed by atoms with van der Waals surface area (Å²) in [6, 6.07) is 13.3. The molecule has 1 saturated heterocycles. The summed E-state index contributed by atoms with van der Waals surface area (Å²) >= 11 is 0. The molecule has 14 heteroatoms. The van der Waals surface area contributed by atoms with Crippen molar-refractivity contribution in [1.82, 2.24) is 30.2 Å². The number of methoxy groups -OCH3 is 1. The zero-order valence-electron chi connectivity index (χ0n) is 37.2. The Labute approximate surface area is 358 Å². The van der Waals surface area contributed by atoms with Gasteiger partial charge in [-0.25, -0.2) is 5.43 Å². The lowest BCUT2D eigenvalue weighted by molar-refractivity contribution is -0.155. The van der Waals surface area contributed by atoms with Gasteiger partial charge in [0.2, 0.25) is 17.7 Å². The molecule has 14 nitrogen and oxygen atoms in total. The molecule has 4 aromatic rings. The van der Waals surface area contributed by atoms with E-state index in [1.807, 2.05) is 39.0 Å². The molecule has 0 aliphatic carbocycles. The number of carbonyl (C=O) groups excluding carboxylic acids is 5. The van der Waals surface area contributed by atoms with Gasteiger partial charge in [0.15, 0.2) is 0 Å². The van der Waals surface area contributed by atoms with Crippen LogP contribution in [0.4, 0.5) is 5.69 Å². The molecule has 0 unspecified atom stereocenters. The number of esters is 1. The highest BCUT2D eigenvalue weighted by Gasteiger charge is 2.37. The third-order valence-electron chi connectivity index (χ3n) is 11.8. The Bertz CT molecular complexity index is 2320. The average molecular weight is 836 g/mol. The van der Waals surface area contributed by atoms with Gasteiger partial charge in [-0.15, -0.1) is 0 Å². The van der Waals surface area contributed by atoms with Crippen LogP contribution in [0.1, 0.15) is 91.2 Å². The molecule has 4 atom stereocenters. The number of cyclic esters (lactones) is 1. The van der Waals surface area contributed by atoms with E-state index in [0.717, 1.165) is 44.5 Å². The second-order valence-electron chi connectivity index (χ2n) is 17.6. The maximum Gasteiger partial charge on any atom is 0.324 e. The number of pyridine rings is 1. The molecular formula is C47H61N7O7. The SMILES string of the molecule is CCn1c(-c2cccnc2[C@H](C)OC)c2c3cc(ccc31)-c1cc(cc(NC(C)=O)c1)C[C@H](NC(=O)[C@H](C(C)C)N(C)C(C)=O)C(=O)N1CCC[C@H](N1)C(=O)OCC(C)(C)C2. The van der Waals surface area contributed by atoms with Crippen molar-refractivity contribution in [3.05, 3.63) is 71.5 Å². The third kappa shape index (κ3) is 9.81. The molecule has 0 radical (unpaired) electrons. The van der Waals surface area contributed by atoms with E-state index in [0.29, 0.717) is 43.6 Å². The Morgan fingerprint density at radius 1 is 1.07 bits per heavy atom. The van der Waals surface area contributed by atoms with Crippen LogP contribution in [0.3, 0.4) is 0 Å². The number of aryl methyl sites for hydroxylation is 1.